The van der Waals surface area contributed by atoms with Crippen LogP contribution in [0.3, 0.4) is 0 Å². The van der Waals surface area contributed by atoms with Crippen LogP contribution < -0.4 is 21.3 Å². The van der Waals surface area contributed by atoms with Crippen LogP contribution in [0.25, 0.3) is 0 Å². The maximum Gasteiger partial charge on any atom is 0.408 e. The van der Waals surface area contributed by atoms with Crippen molar-refractivity contribution in [3.05, 3.63) is 34.9 Å². The summed E-state index contributed by atoms with van der Waals surface area (Å²) in [5.41, 5.74) is 0.714. The van der Waals surface area contributed by atoms with Crippen LogP contribution in [-0.4, -0.2) is 59.7 Å². The number of aliphatic hydroxyl groups is 1. The molecule has 2 saturated carbocycles. The fraction of sp³-hybridized carbons (Fsp3) is 0.643. The lowest BCUT2D eigenvalue weighted by atomic mass is 9.84. The van der Waals surface area contributed by atoms with Crippen molar-refractivity contribution in [2.45, 2.75) is 95.0 Å². The average molecular weight is 563 g/mol. The smallest absolute Gasteiger partial charge is 0.408 e. The van der Waals surface area contributed by atoms with Gasteiger partial charge in [0, 0.05) is 23.5 Å². The molecule has 4 atom stereocenters. The zero-order valence-corrected chi connectivity index (χ0v) is 22.9. The minimum Gasteiger partial charge on any atom is -0.445 e. The number of amides is 4. The molecule has 0 bridgehead atoms. The Morgan fingerprint density at radius 3 is 2.46 bits per heavy atom. The van der Waals surface area contributed by atoms with Gasteiger partial charge in [0.1, 0.15) is 12.6 Å². The van der Waals surface area contributed by atoms with Crippen LogP contribution in [0, 0.1) is 11.8 Å². The number of hydrogen-bond acceptors (Lipinski definition) is 6. The number of benzene rings is 1. The van der Waals surface area contributed by atoms with Crippen molar-refractivity contribution in [2.24, 2.45) is 11.8 Å². The van der Waals surface area contributed by atoms with Crippen LogP contribution >= 0.6 is 11.6 Å². The summed E-state index contributed by atoms with van der Waals surface area (Å²) in [7, 11) is 0. The van der Waals surface area contributed by atoms with Gasteiger partial charge in [-0.2, -0.15) is 0 Å². The minimum absolute atomic E-state index is 0.0103. The molecule has 1 saturated heterocycles. The topological polar surface area (TPSA) is 146 Å². The molecule has 2 unspecified atom stereocenters. The van der Waals surface area contributed by atoms with Crippen LogP contribution in [0.15, 0.2) is 24.3 Å². The lowest BCUT2D eigenvalue weighted by Crippen LogP contribution is -2.56. The molecule has 11 heteroatoms. The highest BCUT2D eigenvalue weighted by atomic mass is 35.5. The third-order valence-electron chi connectivity index (χ3n) is 7.76. The molecular weight excluding hydrogens is 524 g/mol. The SMILES string of the molecule is O=C(N[C@@H](CC1CCCCC1)C(=O)N[C@@H](CC1CCNC1=O)C(O)C(=O)NC1CC1)OCc1cccc(Cl)c1. The van der Waals surface area contributed by atoms with E-state index in [0.717, 1.165) is 44.9 Å². The summed E-state index contributed by atoms with van der Waals surface area (Å²) >= 11 is 6.01. The van der Waals surface area contributed by atoms with Gasteiger partial charge in [-0.1, -0.05) is 55.8 Å². The number of ether oxygens (including phenoxy) is 1. The minimum atomic E-state index is -1.52. The second-order valence-electron chi connectivity index (χ2n) is 11.0. The Morgan fingerprint density at radius 2 is 1.79 bits per heavy atom. The van der Waals surface area contributed by atoms with Crippen molar-refractivity contribution in [3.8, 4) is 0 Å². The second-order valence-corrected chi connectivity index (χ2v) is 11.4. The summed E-state index contributed by atoms with van der Waals surface area (Å²) in [4.78, 5) is 51.2. The number of carbonyl (C=O) groups excluding carboxylic acids is 4. The van der Waals surface area contributed by atoms with E-state index in [-0.39, 0.29) is 30.9 Å². The Hall–Kier alpha value is -2.85. The standard InChI is InChI=1S/C28H39ClN4O6/c29-20-8-4-7-18(13-20)16-39-28(38)33-23(14-17-5-2-1-3-6-17)26(36)32-22(15-19-11-12-30-25(19)35)24(34)27(37)31-21-9-10-21/h4,7-8,13,17,19,21-24,34H,1-3,5-6,9-12,14-16H2,(H,30,35)(H,31,37)(H,32,36)(H,33,38)/t19?,22-,23-,24?/m0/s1. The maximum absolute atomic E-state index is 13.6. The zero-order chi connectivity index (χ0) is 27.8. The number of aliphatic hydroxyl groups excluding tert-OH is 1. The van der Waals surface area contributed by atoms with Crippen LogP contribution in [0.4, 0.5) is 4.79 Å². The molecule has 1 aliphatic heterocycles. The van der Waals surface area contributed by atoms with Crippen molar-refractivity contribution in [2.75, 3.05) is 6.54 Å². The number of alkyl carbamates (subject to hydrolysis) is 1. The number of hydrogen-bond donors (Lipinski definition) is 5. The predicted octanol–water partition coefficient (Wildman–Crippen LogP) is 2.56. The van der Waals surface area contributed by atoms with Gasteiger partial charge in [-0.05, 0) is 55.7 Å². The van der Waals surface area contributed by atoms with E-state index in [1.54, 1.807) is 24.3 Å². The van der Waals surface area contributed by atoms with Crippen LogP contribution in [0.5, 0.6) is 0 Å². The van der Waals surface area contributed by atoms with E-state index in [9.17, 15) is 24.3 Å². The van der Waals surface area contributed by atoms with E-state index < -0.39 is 42.0 Å². The normalized spacial score (nSPS) is 21.8. The summed E-state index contributed by atoms with van der Waals surface area (Å²) in [6.45, 7) is 0.502. The van der Waals surface area contributed by atoms with Crippen LogP contribution in [0.1, 0.15) is 69.8 Å². The van der Waals surface area contributed by atoms with Gasteiger partial charge in [-0.25, -0.2) is 4.79 Å². The molecule has 5 N–H and O–H groups in total. The van der Waals surface area contributed by atoms with E-state index in [0.29, 0.717) is 30.0 Å². The molecule has 39 heavy (non-hydrogen) atoms. The van der Waals surface area contributed by atoms with Crippen molar-refractivity contribution in [3.63, 3.8) is 0 Å². The molecule has 10 nitrogen and oxygen atoms in total. The summed E-state index contributed by atoms with van der Waals surface area (Å²) in [6.07, 6.45) is 5.73. The molecule has 0 spiro atoms. The Kier molecular flexibility index (Phi) is 10.4. The first-order chi connectivity index (χ1) is 18.8. The molecule has 1 aromatic rings. The molecule has 1 heterocycles. The molecule has 2 aliphatic carbocycles. The average Bonchev–Trinajstić information content (AvgIpc) is 3.65. The number of nitrogens with one attached hydrogen (secondary N) is 4. The van der Waals surface area contributed by atoms with E-state index in [2.05, 4.69) is 21.3 Å². The van der Waals surface area contributed by atoms with E-state index in [1.807, 2.05) is 0 Å². The van der Waals surface area contributed by atoms with Gasteiger partial charge in [0.25, 0.3) is 5.91 Å². The van der Waals surface area contributed by atoms with Gasteiger partial charge >= 0.3 is 6.09 Å². The van der Waals surface area contributed by atoms with Crippen molar-refractivity contribution >= 4 is 35.4 Å². The third-order valence-corrected chi connectivity index (χ3v) is 8.00. The molecule has 4 rings (SSSR count). The fourth-order valence-electron chi connectivity index (χ4n) is 5.37. The largest absolute Gasteiger partial charge is 0.445 e. The lowest BCUT2D eigenvalue weighted by Gasteiger charge is -2.30. The first kappa shape index (κ1) is 29.1. The fourth-order valence-corrected chi connectivity index (χ4v) is 5.58. The van der Waals surface area contributed by atoms with Gasteiger partial charge in [0.2, 0.25) is 11.8 Å². The predicted molar refractivity (Wildman–Crippen MR) is 145 cm³/mol. The van der Waals surface area contributed by atoms with Crippen molar-refractivity contribution < 1.29 is 29.0 Å². The van der Waals surface area contributed by atoms with Gasteiger partial charge in [-0.15, -0.1) is 0 Å². The highest BCUT2D eigenvalue weighted by Crippen LogP contribution is 2.28. The molecule has 4 amide bonds. The molecule has 0 radical (unpaired) electrons. The third kappa shape index (κ3) is 9.10. The first-order valence-electron chi connectivity index (χ1n) is 14.0. The number of rotatable bonds is 12. The summed E-state index contributed by atoms with van der Waals surface area (Å²) in [5.74, 6) is -1.41. The van der Waals surface area contributed by atoms with Gasteiger partial charge in [-0.3, -0.25) is 14.4 Å². The van der Waals surface area contributed by atoms with Crippen LogP contribution in [0.2, 0.25) is 5.02 Å². The molecule has 0 aromatic heterocycles. The van der Waals surface area contributed by atoms with Crippen molar-refractivity contribution in [1.82, 2.24) is 21.3 Å². The highest BCUT2D eigenvalue weighted by Gasteiger charge is 2.37. The first-order valence-corrected chi connectivity index (χ1v) is 14.4. The molecule has 1 aromatic carbocycles. The highest BCUT2D eigenvalue weighted by molar-refractivity contribution is 6.30. The Bertz CT molecular complexity index is 1030. The van der Waals surface area contributed by atoms with E-state index in [1.165, 1.54) is 0 Å². The molecule has 3 aliphatic rings. The van der Waals surface area contributed by atoms with Gasteiger partial charge < -0.3 is 31.1 Å². The van der Waals surface area contributed by atoms with Crippen molar-refractivity contribution in [1.29, 1.82) is 0 Å². The molecular formula is C28H39ClN4O6. The summed E-state index contributed by atoms with van der Waals surface area (Å²) in [5, 5.41) is 22.4. The maximum atomic E-state index is 13.6. The molecule has 214 valence electrons. The zero-order valence-electron chi connectivity index (χ0n) is 22.1. The Labute approximate surface area is 233 Å². The quantitative estimate of drug-likeness (QED) is 0.265. The number of halogens is 1. The molecule has 3 fully saturated rings. The Balaban J connectivity index is 1.43. The number of carbonyl (C=O) groups is 4. The monoisotopic (exact) mass is 562 g/mol. The van der Waals surface area contributed by atoms with E-state index in [4.69, 9.17) is 16.3 Å². The summed E-state index contributed by atoms with van der Waals surface area (Å²) < 4.78 is 5.36. The lowest BCUT2D eigenvalue weighted by molar-refractivity contribution is -0.134. The van der Waals surface area contributed by atoms with Crippen LogP contribution in [-0.2, 0) is 25.7 Å². The van der Waals surface area contributed by atoms with E-state index >= 15 is 0 Å². The van der Waals surface area contributed by atoms with Gasteiger partial charge in [0.15, 0.2) is 6.10 Å². The Morgan fingerprint density at radius 1 is 1.03 bits per heavy atom. The van der Waals surface area contributed by atoms with Gasteiger partial charge in [0.05, 0.1) is 6.04 Å². The summed E-state index contributed by atoms with van der Waals surface area (Å²) in [6, 6.07) is 5.09. The second kappa shape index (κ2) is 14.0.